The Morgan fingerprint density at radius 3 is 2.85 bits per heavy atom. The normalized spacial score (nSPS) is 23.6. The number of ether oxygens (including phenoxy) is 1. The summed E-state index contributed by atoms with van der Waals surface area (Å²) >= 11 is 3.25. The van der Waals surface area contributed by atoms with Gasteiger partial charge >= 0.3 is 0 Å². The summed E-state index contributed by atoms with van der Waals surface area (Å²) in [5.41, 5.74) is -0.579. The van der Waals surface area contributed by atoms with Crippen molar-refractivity contribution in [3.63, 3.8) is 0 Å². The number of anilines is 1. The van der Waals surface area contributed by atoms with Gasteiger partial charge in [-0.3, -0.25) is 0 Å². The van der Waals surface area contributed by atoms with E-state index < -0.39 is 15.6 Å². The summed E-state index contributed by atoms with van der Waals surface area (Å²) in [5, 5.41) is 2.80. The lowest BCUT2D eigenvalue weighted by Gasteiger charge is -2.34. The minimum atomic E-state index is -3.67. The van der Waals surface area contributed by atoms with Crippen LogP contribution in [0.1, 0.15) is 19.8 Å². The summed E-state index contributed by atoms with van der Waals surface area (Å²) in [6.45, 7) is 2.91. The molecule has 0 amide bonds. The van der Waals surface area contributed by atoms with E-state index in [1.165, 1.54) is 6.07 Å². The lowest BCUT2D eigenvalue weighted by molar-refractivity contribution is 0.0386. The molecular weight excluding hydrogens is 346 g/mol. The predicted molar refractivity (Wildman–Crippen MR) is 80.3 cm³/mol. The molecule has 0 radical (unpaired) electrons. The molecule has 0 aliphatic carbocycles. The zero-order chi connectivity index (χ0) is 14.8. The quantitative estimate of drug-likeness (QED) is 0.851. The largest absolute Gasteiger partial charge is 0.380 e. The van der Waals surface area contributed by atoms with Crippen molar-refractivity contribution in [1.29, 1.82) is 0 Å². The van der Waals surface area contributed by atoms with Crippen molar-refractivity contribution in [1.82, 2.24) is 9.71 Å². The average Bonchev–Trinajstić information content (AvgIpc) is 2.38. The highest BCUT2D eigenvalue weighted by Gasteiger charge is 2.34. The van der Waals surface area contributed by atoms with Gasteiger partial charge in [0.15, 0.2) is 0 Å². The van der Waals surface area contributed by atoms with Gasteiger partial charge in [-0.2, -0.15) is 0 Å². The van der Waals surface area contributed by atoms with Crippen LogP contribution in [0.2, 0.25) is 0 Å². The first-order chi connectivity index (χ1) is 9.36. The summed E-state index contributed by atoms with van der Waals surface area (Å²) < 4.78 is 33.9. The van der Waals surface area contributed by atoms with Crippen molar-refractivity contribution in [3.8, 4) is 0 Å². The Bertz CT molecular complexity index is 586. The fourth-order valence-electron chi connectivity index (χ4n) is 2.21. The van der Waals surface area contributed by atoms with Gasteiger partial charge in [0.1, 0.15) is 10.7 Å². The number of nitrogens with one attached hydrogen (secondary N) is 2. The van der Waals surface area contributed by atoms with Crippen molar-refractivity contribution in [2.24, 2.45) is 0 Å². The van der Waals surface area contributed by atoms with E-state index in [-0.39, 0.29) is 4.90 Å². The maximum Gasteiger partial charge on any atom is 0.244 e. The molecule has 2 rings (SSSR count). The van der Waals surface area contributed by atoms with Gasteiger partial charge in [0, 0.05) is 24.3 Å². The topological polar surface area (TPSA) is 80.3 Å². The fourth-order valence-corrected chi connectivity index (χ4v) is 4.30. The minimum Gasteiger partial charge on any atom is -0.380 e. The number of hydrogen-bond acceptors (Lipinski definition) is 5. The Hall–Kier alpha value is -0.700. The molecule has 112 valence electrons. The smallest absolute Gasteiger partial charge is 0.244 e. The molecule has 1 aliphatic rings. The van der Waals surface area contributed by atoms with E-state index in [9.17, 15) is 8.42 Å². The molecule has 2 N–H and O–H groups in total. The number of halogens is 1. The van der Waals surface area contributed by atoms with Gasteiger partial charge in [-0.25, -0.2) is 18.1 Å². The maximum atomic E-state index is 12.6. The van der Waals surface area contributed by atoms with Crippen molar-refractivity contribution in [2.45, 2.75) is 30.2 Å². The highest BCUT2D eigenvalue weighted by atomic mass is 79.9. The first-order valence-corrected chi connectivity index (χ1v) is 8.59. The first kappa shape index (κ1) is 15.7. The summed E-state index contributed by atoms with van der Waals surface area (Å²) in [4.78, 5) is 4.20. The van der Waals surface area contributed by atoms with Gasteiger partial charge in [0.25, 0.3) is 0 Å². The van der Waals surface area contributed by atoms with Crippen LogP contribution in [0.15, 0.2) is 21.6 Å². The van der Waals surface area contributed by atoms with E-state index in [2.05, 4.69) is 31.0 Å². The van der Waals surface area contributed by atoms with Gasteiger partial charge in [-0.05, 0) is 41.8 Å². The second-order valence-corrected chi connectivity index (χ2v) is 7.64. The van der Waals surface area contributed by atoms with Crippen LogP contribution in [0.5, 0.6) is 0 Å². The molecule has 6 nitrogen and oxygen atoms in total. The number of pyridine rings is 1. The second kappa shape index (κ2) is 5.97. The highest BCUT2D eigenvalue weighted by Crippen LogP contribution is 2.26. The van der Waals surface area contributed by atoms with E-state index in [1.807, 2.05) is 6.92 Å². The molecule has 0 saturated carbocycles. The summed E-state index contributed by atoms with van der Waals surface area (Å²) in [7, 11) is -2.03. The van der Waals surface area contributed by atoms with Crippen molar-refractivity contribution < 1.29 is 13.2 Å². The molecule has 0 bridgehead atoms. The Morgan fingerprint density at radius 1 is 1.50 bits per heavy atom. The van der Waals surface area contributed by atoms with E-state index in [1.54, 1.807) is 13.2 Å². The van der Waals surface area contributed by atoms with Gasteiger partial charge in [-0.15, -0.1) is 0 Å². The number of aromatic nitrogens is 1. The van der Waals surface area contributed by atoms with Crippen LogP contribution in [-0.4, -0.2) is 39.2 Å². The van der Waals surface area contributed by atoms with Gasteiger partial charge < -0.3 is 10.1 Å². The van der Waals surface area contributed by atoms with Crippen LogP contribution in [-0.2, 0) is 14.8 Å². The zero-order valence-corrected chi connectivity index (χ0v) is 13.8. The van der Waals surface area contributed by atoms with Crippen molar-refractivity contribution >= 4 is 31.8 Å². The van der Waals surface area contributed by atoms with Crippen molar-refractivity contribution in [3.05, 3.63) is 16.7 Å². The number of hydrogen-bond donors (Lipinski definition) is 2. The van der Waals surface area contributed by atoms with Gasteiger partial charge in [0.05, 0.1) is 12.1 Å². The average molecular weight is 364 g/mol. The fraction of sp³-hybridized carbons (Fsp3) is 0.583. The Balaban J connectivity index is 2.32. The molecule has 1 aromatic heterocycles. The summed E-state index contributed by atoms with van der Waals surface area (Å²) in [5.74, 6) is 0.320. The molecule has 8 heteroatoms. The van der Waals surface area contributed by atoms with Crippen LogP contribution in [0.4, 0.5) is 5.82 Å². The molecule has 1 saturated heterocycles. The van der Waals surface area contributed by atoms with Crippen molar-refractivity contribution in [2.75, 3.05) is 25.6 Å². The molecule has 1 aliphatic heterocycles. The molecule has 20 heavy (non-hydrogen) atoms. The molecule has 1 atom stereocenters. The lowest BCUT2D eigenvalue weighted by atomic mass is 9.97. The zero-order valence-electron chi connectivity index (χ0n) is 11.4. The lowest BCUT2D eigenvalue weighted by Crippen LogP contribution is -2.51. The van der Waals surface area contributed by atoms with E-state index in [4.69, 9.17) is 4.74 Å². The second-order valence-electron chi connectivity index (χ2n) is 5.07. The number of nitrogens with zero attached hydrogens (tertiary/aromatic N) is 1. The third-order valence-electron chi connectivity index (χ3n) is 3.16. The van der Waals surface area contributed by atoms with Crippen LogP contribution in [0.25, 0.3) is 0 Å². The Labute approximate surface area is 127 Å². The number of sulfonamides is 1. The van der Waals surface area contributed by atoms with Gasteiger partial charge in [-0.1, -0.05) is 0 Å². The Morgan fingerprint density at radius 2 is 2.25 bits per heavy atom. The predicted octanol–water partition coefficient (Wildman–Crippen LogP) is 1.73. The van der Waals surface area contributed by atoms with Crippen LogP contribution >= 0.6 is 15.9 Å². The van der Waals surface area contributed by atoms with Crippen LogP contribution in [0, 0.1) is 0 Å². The van der Waals surface area contributed by atoms with E-state index in [0.29, 0.717) is 23.5 Å². The summed E-state index contributed by atoms with van der Waals surface area (Å²) in [6.07, 6.45) is 3.15. The molecule has 0 spiro atoms. The molecule has 0 aromatic carbocycles. The Kier molecular flexibility index (Phi) is 4.68. The van der Waals surface area contributed by atoms with Crippen LogP contribution in [0.3, 0.4) is 0 Å². The molecule has 1 unspecified atom stereocenters. The maximum absolute atomic E-state index is 12.6. The minimum absolute atomic E-state index is 0.126. The third-order valence-corrected chi connectivity index (χ3v) is 5.25. The summed E-state index contributed by atoms with van der Waals surface area (Å²) in [6, 6.07) is 1.54. The van der Waals surface area contributed by atoms with E-state index in [0.717, 1.165) is 12.8 Å². The standard InChI is InChI=1S/C12H18BrN3O3S/c1-12(4-3-5-19-8-12)16-20(17,18)10-6-9(13)7-15-11(10)14-2/h6-7,16H,3-5,8H2,1-2H3,(H,14,15). The molecule has 1 aromatic rings. The van der Waals surface area contributed by atoms with Gasteiger partial charge in [0.2, 0.25) is 10.0 Å². The molecule has 2 heterocycles. The van der Waals surface area contributed by atoms with E-state index >= 15 is 0 Å². The van der Waals surface area contributed by atoms with Crippen LogP contribution < -0.4 is 10.0 Å². The molecule has 1 fully saturated rings. The third kappa shape index (κ3) is 3.49. The number of rotatable bonds is 4. The monoisotopic (exact) mass is 363 g/mol. The highest BCUT2D eigenvalue weighted by molar-refractivity contribution is 9.10. The SMILES string of the molecule is CNc1ncc(Br)cc1S(=O)(=O)NC1(C)CCCOC1. The first-order valence-electron chi connectivity index (χ1n) is 6.31. The molecular formula is C12H18BrN3O3S.